The second-order valence-corrected chi connectivity index (χ2v) is 3.09. The summed E-state index contributed by atoms with van der Waals surface area (Å²) in [6.07, 6.45) is 0. The number of nitrogens with one attached hydrogen (secondary N) is 1. The van der Waals surface area contributed by atoms with Gasteiger partial charge in [-0.05, 0) is 11.0 Å². The summed E-state index contributed by atoms with van der Waals surface area (Å²) in [6.45, 7) is 4.10. The van der Waals surface area contributed by atoms with Gasteiger partial charge in [0.15, 0.2) is 11.4 Å². The molecule has 1 rings (SSSR count). The smallest absolute Gasteiger partial charge is 0.602 e. The van der Waals surface area contributed by atoms with E-state index in [9.17, 15) is 30.6 Å². The van der Waals surface area contributed by atoms with Crippen LogP contribution < -0.4 is 4.98 Å². The van der Waals surface area contributed by atoms with Crippen LogP contribution in [0.2, 0.25) is 0 Å². The zero-order valence-corrected chi connectivity index (χ0v) is 9.52. The Hall–Kier alpha value is -2.78. The van der Waals surface area contributed by atoms with Gasteiger partial charge in [-0.1, -0.05) is 0 Å². The van der Waals surface area contributed by atoms with E-state index in [-0.39, 0.29) is 0 Å². The molecule has 0 spiro atoms. The number of aryl methyl sites for hydroxylation is 2. The molecule has 0 saturated heterocycles. The van der Waals surface area contributed by atoms with Crippen LogP contribution in [0.1, 0.15) is 11.4 Å². The van der Waals surface area contributed by atoms with Crippen molar-refractivity contribution in [3.05, 3.63) is 60.2 Å². The first-order chi connectivity index (χ1) is 8.25. The lowest BCUT2D eigenvalue weighted by Gasteiger charge is -1.94. The molecule has 0 aliphatic heterocycles. The minimum absolute atomic E-state index is 1.21. The Kier molecular flexibility index (Phi) is 5.69. The Morgan fingerprint density at radius 1 is 1.00 bits per heavy atom. The van der Waals surface area contributed by atoms with Crippen molar-refractivity contribution in [2.45, 2.75) is 13.8 Å². The largest absolute Gasteiger partial charge is 0.827 e. The summed E-state index contributed by atoms with van der Waals surface area (Å²) >= 11 is 0. The van der Waals surface area contributed by atoms with E-state index in [2.05, 4.69) is 4.98 Å². The number of hydrogen-bond acceptors (Lipinski definition) is 6. The number of guanidine groups is 1. The molecule has 0 saturated carbocycles. The van der Waals surface area contributed by atoms with E-state index in [4.69, 9.17) is 0 Å². The van der Waals surface area contributed by atoms with E-state index in [0.29, 0.717) is 0 Å². The molecule has 0 aliphatic carbocycles. The molecular weight excluding hydrogens is 248 g/mol. The lowest BCUT2D eigenvalue weighted by molar-refractivity contribution is -0.595. The van der Waals surface area contributed by atoms with Crippen LogP contribution in [-0.2, 0) is 0 Å². The predicted molar refractivity (Wildman–Crippen MR) is 58.5 cm³/mol. The van der Waals surface area contributed by atoms with Gasteiger partial charge >= 0.3 is 5.96 Å². The third-order valence-corrected chi connectivity index (χ3v) is 1.58. The standard InChI is InChI=1S/C7H9N.CN3O6/c1-6-4-3-5-7(2)8-6;5-2(6)1(3(7)8)4(9)10/h3-5H,1-2H3;/q;-1/p+1. The van der Waals surface area contributed by atoms with Crippen LogP contribution in [0.5, 0.6) is 0 Å². The van der Waals surface area contributed by atoms with Gasteiger partial charge in [-0.2, -0.15) is 0 Å². The molecule has 0 radical (unpaired) electrons. The van der Waals surface area contributed by atoms with E-state index in [1.807, 2.05) is 32.0 Å². The van der Waals surface area contributed by atoms with Gasteiger partial charge in [0, 0.05) is 26.0 Å². The summed E-state index contributed by atoms with van der Waals surface area (Å²) in [5, 5.41) is 37.9. The van der Waals surface area contributed by atoms with Crippen molar-refractivity contribution < 1.29 is 19.7 Å². The Morgan fingerprint density at radius 2 is 1.39 bits per heavy atom. The fourth-order valence-corrected chi connectivity index (χ4v) is 0.931. The monoisotopic (exact) mass is 258 g/mol. The molecule has 98 valence electrons. The number of nitro groups is 2. The van der Waals surface area contributed by atoms with Crippen LogP contribution in [0.3, 0.4) is 0 Å². The Balaban J connectivity index is 0.000000327. The third-order valence-electron chi connectivity index (χ3n) is 1.58. The summed E-state index contributed by atoms with van der Waals surface area (Å²) in [6, 6.07) is 6.14. The maximum absolute atomic E-state index is 9.47. The molecule has 0 amide bonds. The van der Waals surface area contributed by atoms with Gasteiger partial charge in [-0.3, -0.25) is 0 Å². The van der Waals surface area contributed by atoms with Gasteiger partial charge in [-0.25, -0.2) is 25.2 Å². The van der Waals surface area contributed by atoms with Gasteiger partial charge in [0.05, 0.1) is 0 Å². The second-order valence-electron chi connectivity index (χ2n) is 3.09. The molecule has 0 atom stereocenters. The summed E-state index contributed by atoms with van der Waals surface area (Å²) < 4.78 is 0. The molecule has 0 fully saturated rings. The first-order valence-corrected chi connectivity index (χ1v) is 4.51. The highest BCUT2D eigenvalue weighted by molar-refractivity contribution is 5.56. The Bertz CT molecular complexity index is 449. The molecule has 0 unspecified atom stereocenters. The third kappa shape index (κ3) is 5.34. The highest BCUT2D eigenvalue weighted by Gasteiger charge is 2.37. The summed E-state index contributed by atoms with van der Waals surface area (Å²) in [4.78, 5) is 17.1. The highest BCUT2D eigenvalue weighted by atomic mass is 16.8. The van der Waals surface area contributed by atoms with E-state index in [0.717, 1.165) is 0 Å². The Labute approximate surface area is 101 Å². The van der Waals surface area contributed by atoms with Gasteiger partial charge in [0.1, 0.15) is 0 Å². The molecule has 10 heteroatoms. The average molecular weight is 258 g/mol. The summed E-state index contributed by atoms with van der Waals surface area (Å²) in [5.74, 6) is -2.14. The van der Waals surface area contributed by atoms with Crippen molar-refractivity contribution in [1.82, 2.24) is 0 Å². The molecule has 18 heavy (non-hydrogen) atoms. The van der Waals surface area contributed by atoms with Crippen LogP contribution in [0.4, 0.5) is 0 Å². The van der Waals surface area contributed by atoms with Crippen LogP contribution in [0.25, 0.3) is 0 Å². The van der Waals surface area contributed by atoms with Crippen LogP contribution in [0, 0.1) is 44.5 Å². The van der Waals surface area contributed by atoms with Crippen molar-refractivity contribution in [3.8, 4) is 0 Å². The highest BCUT2D eigenvalue weighted by Crippen LogP contribution is 1.87. The quantitative estimate of drug-likeness (QED) is 0.210. The topological polar surface area (TPSA) is 150 Å². The number of rotatable bonds is 0. The van der Waals surface area contributed by atoms with Crippen molar-refractivity contribution >= 4 is 5.96 Å². The zero-order chi connectivity index (χ0) is 14.3. The number of nitrogens with zero attached hydrogens (tertiary/aromatic N) is 3. The van der Waals surface area contributed by atoms with Gasteiger partial charge < -0.3 is 10.4 Å². The maximum atomic E-state index is 9.47. The van der Waals surface area contributed by atoms with E-state index >= 15 is 0 Å². The van der Waals surface area contributed by atoms with Crippen LogP contribution in [0.15, 0.2) is 18.2 Å². The predicted octanol–water partition coefficient (Wildman–Crippen LogP) is 0.0214. The minimum Gasteiger partial charge on any atom is -0.602 e. The summed E-state index contributed by atoms with van der Waals surface area (Å²) in [7, 11) is 0. The first kappa shape index (κ1) is 15.2. The minimum atomic E-state index is -2.14. The van der Waals surface area contributed by atoms with Crippen molar-refractivity contribution in [1.29, 1.82) is 0 Å². The number of H-pyrrole nitrogens is 1. The second kappa shape index (κ2) is 6.73. The fraction of sp³-hybridized carbons (Fsp3) is 0.250. The number of aromatic nitrogens is 1. The first-order valence-electron chi connectivity index (χ1n) is 4.51. The van der Waals surface area contributed by atoms with Crippen molar-refractivity contribution in [2.24, 2.45) is 0 Å². The molecule has 1 aromatic heterocycles. The van der Waals surface area contributed by atoms with Crippen LogP contribution >= 0.6 is 0 Å². The SMILES string of the molecule is Cc1cccc(C)[nH+]1.O=[N+]([O-])C([N+](=O)[O-])=[N+]([O-])[O-]. The maximum Gasteiger partial charge on any atom is 0.827 e. The molecule has 10 nitrogen and oxygen atoms in total. The van der Waals surface area contributed by atoms with Crippen LogP contribution in [-0.4, -0.2) is 20.7 Å². The summed E-state index contributed by atoms with van der Waals surface area (Å²) in [5.41, 5.74) is 2.43. The number of hydrogen-bond donors (Lipinski definition) is 0. The Morgan fingerprint density at radius 3 is 1.50 bits per heavy atom. The lowest BCUT2D eigenvalue weighted by atomic mass is 10.3. The molecule has 0 aromatic carbocycles. The normalized spacial score (nSPS) is 8.78. The molecule has 0 aliphatic rings. The molecule has 1 heterocycles. The molecular formula is C8H10N4O6. The lowest BCUT2D eigenvalue weighted by Crippen LogP contribution is -2.28. The van der Waals surface area contributed by atoms with Gasteiger partial charge in [0.2, 0.25) is 9.85 Å². The average Bonchev–Trinajstić information content (AvgIpc) is 2.15. The van der Waals surface area contributed by atoms with Gasteiger partial charge in [0.25, 0.3) is 0 Å². The molecule has 1 N–H and O–H groups in total. The van der Waals surface area contributed by atoms with E-state index in [1.165, 1.54) is 11.4 Å². The molecule has 1 aromatic rings. The fourth-order valence-electron chi connectivity index (χ4n) is 0.931. The van der Waals surface area contributed by atoms with Crippen molar-refractivity contribution in [2.75, 3.05) is 0 Å². The molecule has 0 bridgehead atoms. The van der Waals surface area contributed by atoms with E-state index < -0.39 is 20.7 Å². The van der Waals surface area contributed by atoms with Crippen molar-refractivity contribution in [3.63, 3.8) is 0 Å². The van der Waals surface area contributed by atoms with E-state index in [1.54, 1.807) is 0 Å². The zero-order valence-electron chi connectivity index (χ0n) is 9.52. The van der Waals surface area contributed by atoms with Gasteiger partial charge in [-0.15, -0.1) is 0 Å². The number of pyridine rings is 1. The number of aromatic amines is 1.